The molecule has 0 saturated heterocycles. The van der Waals surface area contributed by atoms with Crippen molar-refractivity contribution in [1.29, 1.82) is 0 Å². The quantitative estimate of drug-likeness (QED) is 0.786. The van der Waals surface area contributed by atoms with Crippen LogP contribution < -0.4 is 10.2 Å². The molecule has 0 bridgehead atoms. The summed E-state index contributed by atoms with van der Waals surface area (Å²) in [5.74, 6) is -0.133. The number of carbonyl (C=O) groups is 2. The minimum Gasteiger partial charge on any atom is -0.464 e. The fraction of sp³-hybridized carbons (Fsp3) is 0.429. The minimum absolute atomic E-state index is 0.118. The van der Waals surface area contributed by atoms with Gasteiger partial charge in [0.2, 0.25) is 5.91 Å². The molecular weight excluding hydrogens is 244 g/mol. The predicted octanol–water partition coefficient (Wildman–Crippen LogP) is 0.511. The van der Waals surface area contributed by atoms with Crippen molar-refractivity contribution in [3.63, 3.8) is 0 Å². The molecule has 0 aliphatic carbocycles. The molecule has 1 aliphatic rings. The summed E-state index contributed by atoms with van der Waals surface area (Å²) < 4.78 is 5.07. The molecule has 1 heterocycles. The van der Waals surface area contributed by atoms with E-state index in [0.29, 0.717) is 19.4 Å². The Bertz CT molecular complexity index is 499. The first-order chi connectivity index (χ1) is 9.11. The summed E-state index contributed by atoms with van der Waals surface area (Å²) in [5, 5.41) is 2.74. The van der Waals surface area contributed by atoms with Crippen molar-refractivity contribution in [2.75, 3.05) is 32.1 Å². The van der Waals surface area contributed by atoms with Crippen molar-refractivity contribution >= 4 is 17.6 Å². The smallest absolute Gasteiger partial charge is 0.319 e. The molecule has 0 fully saturated rings. The Morgan fingerprint density at radius 3 is 3.00 bits per heavy atom. The SMILES string of the molecule is CNCC(=O)OCCc1ccc2c(c1)CC(=O)N2C. The Morgan fingerprint density at radius 1 is 1.47 bits per heavy atom. The number of carbonyl (C=O) groups excluding carboxylic acids is 2. The van der Waals surface area contributed by atoms with Crippen LogP contribution in [0.3, 0.4) is 0 Å². The molecule has 0 saturated carbocycles. The van der Waals surface area contributed by atoms with Gasteiger partial charge >= 0.3 is 5.97 Å². The molecular formula is C14H18N2O3. The summed E-state index contributed by atoms with van der Waals surface area (Å²) in [5.41, 5.74) is 3.10. The van der Waals surface area contributed by atoms with Crippen molar-refractivity contribution in [3.8, 4) is 0 Å². The van der Waals surface area contributed by atoms with Crippen molar-refractivity contribution in [1.82, 2.24) is 5.32 Å². The molecule has 1 aromatic rings. The number of fused-ring (bicyclic) bond motifs is 1. The normalized spacial score (nSPS) is 13.6. The number of nitrogens with zero attached hydrogens (tertiary/aromatic N) is 1. The highest BCUT2D eigenvalue weighted by molar-refractivity contribution is 6.00. The fourth-order valence-corrected chi connectivity index (χ4v) is 2.16. The molecule has 0 unspecified atom stereocenters. The molecule has 0 radical (unpaired) electrons. The second kappa shape index (κ2) is 5.84. The lowest BCUT2D eigenvalue weighted by atomic mass is 10.1. The summed E-state index contributed by atoms with van der Waals surface area (Å²) in [7, 11) is 3.49. The second-order valence-corrected chi connectivity index (χ2v) is 4.59. The zero-order chi connectivity index (χ0) is 13.8. The van der Waals surface area contributed by atoms with Gasteiger partial charge in [-0.2, -0.15) is 0 Å². The van der Waals surface area contributed by atoms with Gasteiger partial charge < -0.3 is 15.0 Å². The van der Waals surface area contributed by atoms with Crippen LogP contribution in [0.25, 0.3) is 0 Å². The molecule has 1 amide bonds. The Labute approximate surface area is 112 Å². The number of esters is 1. The Morgan fingerprint density at radius 2 is 2.26 bits per heavy atom. The number of hydrogen-bond acceptors (Lipinski definition) is 4. The summed E-state index contributed by atoms with van der Waals surface area (Å²) >= 11 is 0. The van der Waals surface area contributed by atoms with E-state index in [-0.39, 0.29) is 18.4 Å². The molecule has 5 heteroatoms. The monoisotopic (exact) mass is 262 g/mol. The summed E-state index contributed by atoms with van der Waals surface area (Å²) in [4.78, 5) is 24.4. The number of anilines is 1. The van der Waals surface area contributed by atoms with Crippen LogP contribution >= 0.6 is 0 Å². The lowest BCUT2D eigenvalue weighted by molar-refractivity contribution is -0.142. The third-order valence-electron chi connectivity index (χ3n) is 3.20. The lowest BCUT2D eigenvalue weighted by Gasteiger charge is -2.10. The van der Waals surface area contributed by atoms with E-state index in [4.69, 9.17) is 4.74 Å². The highest BCUT2D eigenvalue weighted by Crippen LogP contribution is 2.28. The van der Waals surface area contributed by atoms with E-state index in [9.17, 15) is 9.59 Å². The molecule has 1 aliphatic heterocycles. The van der Waals surface area contributed by atoms with Crippen LogP contribution in [0.1, 0.15) is 11.1 Å². The van der Waals surface area contributed by atoms with E-state index in [2.05, 4.69) is 5.32 Å². The Kier molecular flexibility index (Phi) is 4.16. The molecule has 19 heavy (non-hydrogen) atoms. The third-order valence-corrected chi connectivity index (χ3v) is 3.20. The van der Waals surface area contributed by atoms with E-state index in [0.717, 1.165) is 16.8 Å². The van der Waals surface area contributed by atoms with Crippen LogP contribution in [0, 0.1) is 0 Å². The highest BCUT2D eigenvalue weighted by atomic mass is 16.5. The number of hydrogen-bond donors (Lipinski definition) is 1. The average Bonchev–Trinajstić information content (AvgIpc) is 2.65. The van der Waals surface area contributed by atoms with E-state index in [1.165, 1.54) is 0 Å². The van der Waals surface area contributed by atoms with E-state index >= 15 is 0 Å². The highest BCUT2D eigenvalue weighted by Gasteiger charge is 2.23. The molecule has 1 N–H and O–H groups in total. The van der Waals surface area contributed by atoms with Crippen molar-refractivity contribution in [3.05, 3.63) is 29.3 Å². The molecule has 1 aromatic carbocycles. The maximum Gasteiger partial charge on any atom is 0.319 e. The van der Waals surface area contributed by atoms with Gasteiger partial charge in [-0.05, 0) is 24.2 Å². The van der Waals surface area contributed by atoms with Gasteiger partial charge in [-0.3, -0.25) is 9.59 Å². The predicted molar refractivity (Wildman–Crippen MR) is 72.1 cm³/mol. The van der Waals surface area contributed by atoms with Gasteiger partial charge in [0.05, 0.1) is 19.6 Å². The van der Waals surface area contributed by atoms with Gasteiger partial charge in [0, 0.05) is 19.2 Å². The first-order valence-corrected chi connectivity index (χ1v) is 6.30. The number of ether oxygens (including phenoxy) is 1. The van der Waals surface area contributed by atoms with Gasteiger partial charge in [-0.15, -0.1) is 0 Å². The number of benzene rings is 1. The van der Waals surface area contributed by atoms with Gasteiger partial charge in [0.25, 0.3) is 0 Å². The summed E-state index contributed by atoms with van der Waals surface area (Å²) in [6, 6.07) is 5.94. The van der Waals surface area contributed by atoms with Crippen LogP contribution in [-0.2, 0) is 27.2 Å². The van der Waals surface area contributed by atoms with Gasteiger partial charge in [-0.1, -0.05) is 12.1 Å². The second-order valence-electron chi connectivity index (χ2n) is 4.59. The Hall–Kier alpha value is -1.88. The number of amides is 1. The van der Waals surface area contributed by atoms with Gasteiger partial charge in [0.1, 0.15) is 0 Å². The first-order valence-electron chi connectivity index (χ1n) is 6.30. The number of nitrogens with one attached hydrogen (secondary N) is 1. The zero-order valence-corrected chi connectivity index (χ0v) is 11.2. The van der Waals surface area contributed by atoms with Crippen LogP contribution in [-0.4, -0.2) is 39.1 Å². The largest absolute Gasteiger partial charge is 0.464 e. The van der Waals surface area contributed by atoms with Gasteiger partial charge in [0.15, 0.2) is 0 Å². The zero-order valence-electron chi connectivity index (χ0n) is 11.2. The summed E-state index contributed by atoms with van der Waals surface area (Å²) in [6.07, 6.45) is 1.12. The van der Waals surface area contributed by atoms with E-state index in [1.54, 1.807) is 19.0 Å². The summed E-state index contributed by atoms with van der Waals surface area (Å²) in [6.45, 7) is 0.590. The number of likely N-dealkylation sites (N-methyl/N-ethyl adjacent to an activating group) is 2. The van der Waals surface area contributed by atoms with E-state index < -0.39 is 0 Å². The standard InChI is InChI=1S/C14H18N2O3/c1-15-9-14(18)19-6-5-10-3-4-12-11(7-10)8-13(17)16(12)2/h3-4,7,15H,5-6,8-9H2,1-2H3. The van der Waals surface area contributed by atoms with Crippen LogP contribution in [0.4, 0.5) is 5.69 Å². The fourth-order valence-electron chi connectivity index (χ4n) is 2.16. The topological polar surface area (TPSA) is 58.6 Å². The van der Waals surface area contributed by atoms with Crippen molar-refractivity contribution in [2.45, 2.75) is 12.8 Å². The van der Waals surface area contributed by atoms with Crippen molar-refractivity contribution < 1.29 is 14.3 Å². The molecule has 0 atom stereocenters. The molecule has 0 spiro atoms. The average molecular weight is 262 g/mol. The van der Waals surface area contributed by atoms with Crippen LogP contribution in [0.15, 0.2) is 18.2 Å². The van der Waals surface area contributed by atoms with Gasteiger partial charge in [-0.25, -0.2) is 0 Å². The Balaban J connectivity index is 1.91. The molecule has 5 nitrogen and oxygen atoms in total. The maximum atomic E-state index is 11.6. The minimum atomic E-state index is -0.251. The van der Waals surface area contributed by atoms with Crippen LogP contribution in [0.5, 0.6) is 0 Å². The van der Waals surface area contributed by atoms with E-state index in [1.807, 2.05) is 18.2 Å². The third kappa shape index (κ3) is 3.12. The first kappa shape index (κ1) is 13.5. The molecule has 102 valence electrons. The van der Waals surface area contributed by atoms with Crippen LogP contribution in [0.2, 0.25) is 0 Å². The van der Waals surface area contributed by atoms with Crippen molar-refractivity contribution in [2.24, 2.45) is 0 Å². The molecule has 2 rings (SSSR count). The number of rotatable bonds is 5. The lowest BCUT2D eigenvalue weighted by Crippen LogP contribution is -2.21. The maximum absolute atomic E-state index is 11.6. The molecule has 0 aromatic heterocycles.